The number of fused-ring (bicyclic) bond motifs is 10. The number of rotatable bonds is 4. The zero-order chi connectivity index (χ0) is 37.1. The van der Waals surface area contributed by atoms with Crippen LogP contribution in [0.1, 0.15) is 33.4 Å². The van der Waals surface area contributed by atoms with E-state index < -0.39 is 5.41 Å². The molecule has 0 N–H and O–H groups in total. The van der Waals surface area contributed by atoms with Crippen LogP contribution in [-0.4, -0.2) is 15.0 Å². The van der Waals surface area contributed by atoms with Crippen LogP contribution < -0.4 is 4.74 Å². The molecule has 8 aromatic carbocycles. The fourth-order valence-electron chi connectivity index (χ4n) is 8.64. The summed E-state index contributed by atoms with van der Waals surface area (Å²) in [6, 6.07) is 65.9. The lowest BCUT2D eigenvalue weighted by molar-refractivity contribution is 0.439. The van der Waals surface area contributed by atoms with Crippen molar-refractivity contribution in [1.82, 2.24) is 15.0 Å². The average Bonchev–Trinajstić information content (AvgIpc) is 3.42. The second-order valence-electron chi connectivity index (χ2n) is 14.4. The Labute approximate surface area is 325 Å². The highest BCUT2D eigenvalue weighted by molar-refractivity contribution is 5.94. The topological polar surface area (TPSA) is 47.9 Å². The Hall–Kier alpha value is -7.43. The largest absolute Gasteiger partial charge is 0.456 e. The van der Waals surface area contributed by atoms with Crippen LogP contribution in [0.5, 0.6) is 11.5 Å². The molecule has 56 heavy (non-hydrogen) atoms. The highest BCUT2D eigenvalue weighted by atomic mass is 16.5. The molecule has 11 rings (SSSR count). The normalized spacial score (nSPS) is 14.9. The molecule has 4 heteroatoms. The van der Waals surface area contributed by atoms with Crippen LogP contribution >= 0.6 is 0 Å². The summed E-state index contributed by atoms with van der Waals surface area (Å²) in [7, 11) is 0. The van der Waals surface area contributed by atoms with E-state index in [9.17, 15) is 0 Å². The predicted molar refractivity (Wildman–Crippen MR) is 226 cm³/mol. The van der Waals surface area contributed by atoms with Crippen LogP contribution in [0.2, 0.25) is 0 Å². The van der Waals surface area contributed by atoms with Gasteiger partial charge in [0.2, 0.25) is 0 Å². The van der Waals surface area contributed by atoms with E-state index in [-0.39, 0.29) is 0 Å². The Morgan fingerprint density at radius 1 is 0.357 bits per heavy atom. The number of ether oxygens (including phenoxy) is 1. The summed E-state index contributed by atoms with van der Waals surface area (Å²) in [5.41, 5.74) is 11.1. The van der Waals surface area contributed by atoms with Gasteiger partial charge in [0.15, 0.2) is 17.5 Å². The lowest BCUT2D eigenvalue weighted by atomic mass is 9.62. The van der Waals surface area contributed by atoms with Crippen LogP contribution in [0.4, 0.5) is 0 Å². The number of benzene rings is 8. The standard InChI is InChI=1S/C52H33N3O/c1-3-14-34(15-4-1)39-20-13-21-40(32-39)50-53-49(38-18-5-2-6-19-38)54-51(55-50)41-29-28-37-27-26-36-17-8-10-23-43(36)52(46(37)33-41)44-24-11-12-25-47(44)56-48-42-22-9-7-16-35(42)30-31-45(48)52/h1-33H. The van der Waals surface area contributed by atoms with E-state index in [1.165, 1.54) is 5.56 Å². The molecule has 0 saturated heterocycles. The summed E-state index contributed by atoms with van der Waals surface area (Å²) < 4.78 is 6.92. The van der Waals surface area contributed by atoms with Crippen molar-refractivity contribution in [2.75, 3.05) is 0 Å². The van der Waals surface area contributed by atoms with E-state index >= 15 is 0 Å². The SMILES string of the molecule is C1=Cc2ccc(-c3nc(-c4ccccc4)nc(-c4cccc(-c5ccccc5)c4)n3)cc2C2(c3ccccc31)c1ccccc1Oc1c2ccc2ccccc12. The highest BCUT2D eigenvalue weighted by Crippen LogP contribution is 2.59. The van der Waals surface area contributed by atoms with E-state index in [1.54, 1.807) is 0 Å². The van der Waals surface area contributed by atoms with Crippen LogP contribution in [0.25, 0.3) is 68.2 Å². The Morgan fingerprint density at radius 3 is 1.75 bits per heavy atom. The molecule has 4 nitrogen and oxygen atoms in total. The van der Waals surface area contributed by atoms with Gasteiger partial charge in [0.25, 0.3) is 0 Å². The minimum Gasteiger partial charge on any atom is -0.456 e. The molecule has 0 saturated carbocycles. The van der Waals surface area contributed by atoms with Crippen LogP contribution in [0.15, 0.2) is 188 Å². The Balaban J connectivity index is 1.19. The van der Waals surface area contributed by atoms with Crippen LogP contribution in [-0.2, 0) is 5.41 Å². The summed E-state index contributed by atoms with van der Waals surface area (Å²) in [4.78, 5) is 15.5. The summed E-state index contributed by atoms with van der Waals surface area (Å²) in [5.74, 6) is 3.57. The Bertz CT molecular complexity index is 3010. The van der Waals surface area contributed by atoms with Gasteiger partial charge in [0.05, 0.1) is 5.41 Å². The van der Waals surface area contributed by atoms with E-state index in [0.29, 0.717) is 17.5 Å². The molecule has 1 aliphatic heterocycles. The molecule has 9 aromatic rings. The zero-order valence-electron chi connectivity index (χ0n) is 30.3. The molecule has 1 spiro atoms. The predicted octanol–water partition coefficient (Wildman–Crippen LogP) is 12.7. The fourth-order valence-corrected chi connectivity index (χ4v) is 8.64. The first kappa shape index (κ1) is 32.0. The van der Waals surface area contributed by atoms with Gasteiger partial charge in [-0.25, -0.2) is 15.0 Å². The molecule has 0 bridgehead atoms. The molecular weight excluding hydrogens is 683 g/mol. The van der Waals surface area contributed by atoms with Crippen molar-refractivity contribution in [1.29, 1.82) is 0 Å². The van der Waals surface area contributed by atoms with Gasteiger partial charge in [-0.05, 0) is 57.0 Å². The number of aromatic nitrogens is 3. The van der Waals surface area contributed by atoms with Crippen molar-refractivity contribution in [2.45, 2.75) is 5.41 Å². The van der Waals surface area contributed by atoms with Gasteiger partial charge in [0.1, 0.15) is 11.5 Å². The summed E-state index contributed by atoms with van der Waals surface area (Å²) >= 11 is 0. The van der Waals surface area contributed by atoms with Gasteiger partial charge in [-0.15, -0.1) is 0 Å². The van der Waals surface area contributed by atoms with E-state index in [0.717, 1.165) is 77.9 Å². The maximum Gasteiger partial charge on any atom is 0.164 e. The van der Waals surface area contributed by atoms with Crippen molar-refractivity contribution in [3.8, 4) is 56.8 Å². The first-order valence-corrected chi connectivity index (χ1v) is 18.9. The van der Waals surface area contributed by atoms with Gasteiger partial charge in [-0.2, -0.15) is 0 Å². The second kappa shape index (κ2) is 12.9. The fraction of sp³-hybridized carbons (Fsp3) is 0.0192. The first-order valence-electron chi connectivity index (χ1n) is 18.9. The molecule has 0 fully saturated rings. The summed E-state index contributed by atoms with van der Waals surface area (Å²) in [6.07, 6.45) is 4.49. The Morgan fingerprint density at radius 2 is 0.946 bits per heavy atom. The molecule has 1 atom stereocenters. The lowest BCUT2D eigenvalue weighted by Gasteiger charge is -2.42. The minimum atomic E-state index is -0.720. The van der Waals surface area contributed by atoms with Crippen molar-refractivity contribution in [2.24, 2.45) is 0 Å². The van der Waals surface area contributed by atoms with E-state index in [2.05, 4.69) is 176 Å². The molecule has 0 radical (unpaired) electrons. The quantitative estimate of drug-likeness (QED) is 0.182. The van der Waals surface area contributed by atoms with Crippen molar-refractivity contribution >= 4 is 22.9 Å². The van der Waals surface area contributed by atoms with Gasteiger partial charge in [-0.1, -0.05) is 182 Å². The third-order valence-corrected chi connectivity index (χ3v) is 11.2. The molecule has 1 aliphatic carbocycles. The van der Waals surface area contributed by atoms with Gasteiger partial charge in [0, 0.05) is 33.2 Å². The van der Waals surface area contributed by atoms with E-state index in [4.69, 9.17) is 19.7 Å². The van der Waals surface area contributed by atoms with E-state index in [1.807, 2.05) is 24.3 Å². The zero-order valence-corrected chi connectivity index (χ0v) is 30.3. The number of nitrogens with zero attached hydrogens (tertiary/aromatic N) is 3. The molecule has 2 aliphatic rings. The van der Waals surface area contributed by atoms with Gasteiger partial charge >= 0.3 is 0 Å². The third kappa shape index (κ3) is 5.04. The molecule has 262 valence electrons. The number of hydrogen-bond acceptors (Lipinski definition) is 4. The van der Waals surface area contributed by atoms with Gasteiger partial charge < -0.3 is 4.74 Å². The summed E-state index contributed by atoms with van der Waals surface area (Å²) in [6.45, 7) is 0. The second-order valence-corrected chi connectivity index (χ2v) is 14.4. The molecule has 2 heterocycles. The molecule has 1 unspecified atom stereocenters. The Kier molecular flexibility index (Phi) is 7.36. The highest BCUT2D eigenvalue weighted by Gasteiger charge is 2.48. The smallest absolute Gasteiger partial charge is 0.164 e. The molecule has 1 aromatic heterocycles. The molecular formula is C52H33N3O. The van der Waals surface area contributed by atoms with Crippen LogP contribution in [0.3, 0.4) is 0 Å². The third-order valence-electron chi connectivity index (χ3n) is 11.2. The minimum absolute atomic E-state index is 0.609. The monoisotopic (exact) mass is 715 g/mol. The van der Waals surface area contributed by atoms with Gasteiger partial charge in [-0.3, -0.25) is 0 Å². The number of para-hydroxylation sites is 1. The first-order chi connectivity index (χ1) is 27.7. The summed E-state index contributed by atoms with van der Waals surface area (Å²) in [5, 5.41) is 2.22. The maximum absolute atomic E-state index is 6.92. The number of hydrogen-bond donors (Lipinski definition) is 0. The van der Waals surface area contributed by atoms with Crippen LogP contribution in [0, 0.1) is 0 Å². The van der Waals surface area contributed by atoms with Crippen molar-refractivity contribution < 1.29 is 4.74 Å². The average molecular weight is 716 g/mol. The van der Waals surface area contributed by atoms with Crippen molar-refractivity contribution in [3.05, 3.63) is 221 Å². The van der Waals surface area contributed by atoms with Crippen molar-refractivity contribution in [3.63, 3.8) is 0 Å². The lowest BCUT2D eigenvalue weighted by Crippen LogP contribution is -2.35. The maximum atomic E-state index is 6.92. The molecule has 0 amide bonds.